The number of rotatable bonds is 5. The highest BCUT2D eigenvalue weighted by atomic mass is 16.5. The summed E-state index contributed by atoms with van der Waals surface area (Å²) >= 11 is 0. The molecule has 1 amide bonds. The predicted octanol–water partition coefficient (Wildman–Crippen LogP) is 2.40. The van der Waals surface area contributed by atoms with Gasteiger partial charge in [-0.3, -0.25) is 9.78 Å². The number of hydrogen-bond acceptors (Lipinski definition) is 4. The highest BCUT2D eigenvalue weighted by Gasteiger charge is 2.30. The molecule has 1 aliphatic heterocycles. The minimum atomic E-state index is 0.0376. The van der Waals surface area contributed by atoms with Crippen LogP contribution in [-0.4, -0.2) is 48.6 Å². The Balaban J connectivity index is 2.12. The first-order valence-corrected chi connectivity index (χ1v) is 7.67. The Morgan fingerprint density at radius 1 is 1.57 bits per heavy atom. The molecule has 0 aliphatic carbocycles. The van der Waals surface area contributed by atoms with Crippen LogP contribution in [0.5, 0.6) is 0 Å². The number of hydrogen-bond donors (Lipinski definition) is 1. The zero-order valence-electron chi connectivity index (χ0n) is 13.1. The zero-order valence-corrected chi connectivity index (χ0v) is 13.1. The van der Waals surface area contributed by atoms with Crippen LogP contribution in [0.4, 0.5) is 5.69 Å². The van der Waals surface area contributed by atoms with E-state index in [1.54, 1.807) is 19.5 Å². The standard InChI is InChI=1S/C16H25N3O2/c1-4-7-18-14-5-8-17-10-13(14)16(20)19-9-6-12(2)15(11-19)21-3/h5,8,10,12,15H,4,6-7,9,11H2,1-3H3,(H,17,18). The zero-order chi connectivity index (χ0) is 15.2. The van der Waals surface area contributed by atoms with E-state index in [0.29, 0.717) is 18.0 Å². The van der Waals surface area contributed by atoms with Crippen molar-refractivity contribution in [2.75, 3.05) is 32.1 Å². The highest BCUT2D eigenvalue weighted by Crippen LogP contribution is 2.23. The second-order valence-electron chi connectivity index (χ2n) is 5.64. The third kappa shape index (κ3) is 3.73. The monoisotopic (exact) mass is 291 g/mol. The van der Waals surface area contributed by atoms with Gasteiger partial charge in [0, 0.05) is 39.1 Å². The smallest absolute Gasteiger partial charge is 0.257 e. The van der Waals surface area contributed by atoms with Crippen LogP contribution in [0.2, 0.25) is 0 Å². The van der Waals surface area contributed by atoms with Gasteiger partial charge >= 0.3 is 0 Å². The number of ether oxygens (including phenoxy) is 1. The number of likely N-dealkylation sites (tertiary alicyclic amines) is 1. The molecule has 2 rings (SSSR count). The molecule has 5 nitrogen and oxygen atoms in total. The fourth-order valence-electron chi connectivity index (χ4n) is 2.67. The minimum absolute atomic E-state index is 0.0376. The number of nitrogens with one attached hydrogen (secondary N) is 1. The number of carbonyl (C=O) groups excluding carboxylic acids is 1. The van der Waals surface area contributed by atoms with Gasteiger partial charge in [0.1, 0.15) is 0 Å². The number of amides is 1. The molecular formula is C16H25N3O2. The van der Waals surface area contributed by atoms with Crippen LogP contribution in [0, 0.1) is 5.92 Å². The Kier molecular flexibility index (Phi) is 5.56. The van der Waals surface area contributed by atoms with Gasteiger partial charge in [-0.05, 0) is 24.8 Å². The Morgan fingerprint density at radius 2 is 2.38 bits per heavy atom. The first-order valence-electron chi connectivity index (χ1n) is 7.67. The molecule has 5 heteroatoms. The molecule has 2 heterocycles. The van der Waals surface area contributed by atoms with E-state index in [0.717, 1.165) is 31.6 Å². The Bertz CT molecular complexity index is 478. The molecule has 0 bridgehead atoms. The molecule has 1 N–H and O–H groups in total. The fourth-order valence-corrected chi connectivity index (χ4v) is 2.67. The third-order valence-corrected chi connectivity index (χ3v) is 4.10. The summed E-state index contributed by atoms with van der Waals surface area (Å²) in [6.45, 7) is 6.56. The highest BCUT2D eigenvalue weighted by molar-refractivity contribution is 5.99. The first kappa shape index (κ1) is 15.8. The van der Waals surface area contributed by atoms with Gasteiger partial charge in [-0.1, -0.05) is 13.8 Å². The van der Waals surface area contributed by atoms with Gasteiger partial charge in [-0.25, -0.2) is 0 Å². The number of anilines is 1. The number of methoxy groups -OCH3 is 1. The Morgan fingerprint density at radius 3 is 3.10 bits per heavy atom. The van der Waals surface area contributed by atoms with E-state index in [4.69, 9.17) is 4.74 Å². The lowest BCUT2D eigenvalue weighted by Crippen LogP contribution is -2.46. The van der Waals surface area contributed by atoms with E-state index in [1.807, 2.05) is 11.0 Å². The largest absolute Gasteiger partial charge is 0.384 e. The lowest BCUT2D eigenvalue weighted by molar-refractivity contribution is -0.00154. The Hall–Kier alpha value is -1.62. The lowest BCUT2D eigenvalue weighted by atomic mass is 9.95. The molecule has 2 unspecified atom stereocenters. The van der Waals surface area contributed by atoms with Crippen molar-refractivity contribution >= 4 is 11.6 Å². The second kappa shape index (κ2) is 7.41. The van der Waals surface area contributed by atoms with E-state index in [1.165, 1.54) is 0 Å². The number of carbonyl (C=O) groups is 1. The molecule has 116 valence electrons. The molecule has 0 saturated carbocycles. The topological polar surface area (TPSA) is 54.5 Å². The maximum atomic E-state index is 12.7. The summed E-state index contributed by atoms with van der Waals surface area (Å²) in [4.78, 5) is 18.7. The fraction of sp³-hybridized carbons (Fsp3) is 0.625. The van der Waals surface area contributed by atoms with Gasteiger partial charge in [-0.2, -0.15) is 0 Å². The molecule has 1 aliphatic rings. The minimum Gasteiger partial charge on any atom is -0.384 e. The molecule has 2 atom stereocenters. The van der Waals surface area contributed by atoms with Crippen molar-refractivity contribution in [2.45, 2.75) is 32.8 Å². The van der Waals surface area contributed by atoms with Crippen LogP contribution < -0.4 is 5.32 Å². The number of piperidine rings is 1. The average Bonchev–Trinajstić information content (AvgIpc) is 2.53. The van der Waals surface area contributed by atoms with Gasteiger partial charge in [0.05, 0.1) is 17.4 Å². The summed E-state index contributed by atoms with van der Waals surface area (Å²) in [6, 6.07) is 1.86. The molecule has 1 aromatic heterocycles. The molecule has 21 heavy (non-hydrogen) atoms. The van der Waals surface area contributed by atoms with Crippen molar-refractivity contribution in [1.82, 2.24) is 9.88 Å². The van der Waals surface area contributed by atoms with Crippen molar-refractivity contribution in [3.63, 3.8) is 0 Å². The third-order valence-electron chi connectivity index (χ3n) is 4.10. The Labute approximate surface area is 126 Å². The van der Waals surface area contributed by atoms with Crippen LogP contribution in [0.15, 0.2) is 18.5 Å². The molecule has 0 radical (unpaired) electrons. The van der Waals surface area contributed by atoms with Gasteiger partial charge in [0.25, 0.3) is 5.91 Å². The van der Waals surface area contributed by atoms with Crippen LogP contribution >= 0.6 is 0 Å². The van der Waals surface area contributed by atoms with Crippen molar-refractivity contribution in [3.8, 4) is 0 Å². The van der Waals surface area contributed by atoms with Gasteiger partial charge in [0.15, 0.2) is 0 Å². The van der Waals surface area contributed by atoms with Gasteiger partial charge in [0.2, 0.25) is 0 Å². The van der Waals surface area contributed by atoms with Crippen LogP contribution in [0.25, 0.3) is 0 Å². The molecule has 1 aromatic rings. The van der Waals surface area contributed by atoms with E-state index in [-0.39, 0.29) is 12.0 Å². The van der Waals surface area contributed by atoms with Crippen LogP contribution in [0.3, 0.4) is 0 Å². The first-order chi connectivity index (χ1) is 10.2. The number of aromatic nitrogens is 1. The maximum absolute atomic E-state index is 12.7. The quantitative estimate of drug-likeness (QED) is 0.905. The van der Waals surface area contributed by atoms with E-state index in [9.17, 15) is 4.79 Å². The summed E-state index contributed by atoms with van der Waals surface area (Å²) in [5, 5.41) is 3.30. The summed E-state index contributed by atoms with van der Waals surface area (Å²) in [5.74, 6) is 0.529. The summed E-state index contributed by atoms with van der Waals surface area (Å²) in [7, 11) is 1.72. The predicted molar refractivity (Wildman–Crippen MR) is 83.5 cm³/mol. The van der Waals surface area contributed by atoms with E-state index in [2.05, 4.69) is 24.1 Å². The average molecular weight is 291 g/mol. The molecule has 0 aromatic carbocycles. The van der Waals surface area contributed by atoms with E-state index < -0.39 is 0 Å². The van der Waals surface area contributed by atoms with Crippen molar-refractivity contribution < 1.29 is 9.53 Å². The van der Waals surface area contributed by atoms with E-state index >= 15 is 0 Å². The summed E-state index contributed by atoms with van der Waals surface area (Å²) in [5.41, 5.74) is 1.51. The summed E-state index contributed by atoms with van der Waals surface area (Å²) < 4.78 is 5.49. The molecule has 1 fully saturated rings. The maximum Gasteiger partial charge on any atom is 0.257 e. The molecule has 1 saturated heterocycles. The van der Waals surface area contributed by atoms with Crippen molar-refractivity contribution in [3.05, 3.63) is 24.0 Å². The number of pyridine rings is 1. The normalized spacial score (nSPS) is 22.1. The lowest BCUT2D eigenvalue weighted by Gasteiger charge is -2.36. The van der Waals surface area contributed by atoms with Crippen LogP contribution in [0.1, 0.15) is 37.0 Å². The van der Waals surface area contributed by atoms with Crippen LogP contribution in [-0.2, 0) is 4.74 Å². The molecule has 0 spiro atoms. The van der Waals surface area contributed by atoms with Crippen molar-refractivity contribution in [1.29, 1.82) is 0 Å². The SMILES string of the molecule is CCCNc1ccncc1C(=O)N1CCC(C)C(OC)C1. The summed E-state index contributed by atoms with van der Waals surface area (Å²) in [6.07, 6.45) is 5.47. The van der Waals surface area contributed by atoms with Gasteiger partial charge < -0.3 is 15.0 Å². The molecular weight excluding hydrogens is 266 g/mol. The van der Waals surface area contributed by atoms with Gasteiger partial charge in [-0.15, -0.1) is 0 Å². The van der Waals surface area contributed by atoms with Crippen molar-refractivity contribution in [2.24, 2.45) is 5.92 Å². The number of nitrogens with zero attached hydrogens (tertiary/aromatic N) is 2. The second-order valence-corrected chi connectivity index (χ2v) is 5.64.